The number of ether oxygens (including phenoxy) is 3. The number of hydrogen-bond donors (Lipinski definition) is 4. The Bertz CT molecular complexity index is 1010. The number of primary amides is 1. The molecule has 9 nitrogen and oxygen atoms in total. The van der Waals surface area contributed by atoms with Gasteiger partial charge in [0.1, 0.15) is 5.60 Å². The molecule has 9 heteroatoms. The van der Waals surface area contributed by atoms with Crippen molar-refractivity contribution in [2.45, 2.75) is 70.0 Å². The number of nitrogens with one attached hydrogen (secondary N) is 2. The number of benzene rings is 2. The molecule has 5 N–H and O–H groups in total. The third kappa shape index (κ3) is 10.6. The molecule has 1 saturated heterocycles. The molecule has 214 valence electrons. The van der Waals surface area contributed by atoms with Gasteiger partial charge < -0.3 is 35.7 Å². The molecule has 2 aromatic rings. The smallest absolute Gasteiger partial charge is 0.407 e. The van der Waals surface area contributed by atoms with E-state index in [4.69, 9.17) is 19.9 Å². The normalized spacial score (nSPS) is 18.9. The Morgan fingerprint density at radius 3 is 2.38 bits per heavy atom. The van der Waals surface area contributed by atoms with Gasteiger partial charge in [-0.15, -0.1) is 0 Å². The Kier molecular flexibility index (Phi) is 11.7. The molecule has 0 aromatic heterocycles. The fourth-order valence-corrected chi connectivity index (χ4v) is 4.64. The van der Waals surface area contributed by atoms with Gasteiger partial charge in [0, 0.05) is 19.7 Å². The lowest BCUT2D eigenvalue weighted by atomic mass is 9.86. The van der Waals surface area contributed by atoms with Crippen molar-refractivity contribution in [3.8, 4) is 0 Å². The van der Waals surface area contributed by atoms with E-state index in [1.807, 2.05) is 60.7 Å². The molecule has 2 amide bonds. The largest absolute Gasteiger partial charge is 0.444 e. The van der Waals surface area contributed by atoms with Crippen molar-refractivity contribution in [1.82, 2.24) is 10.6 Å². The summed E-state index contributed by atoms with van der Waals surface area (Å²) in [4.78, 5) is 25.4. The van der Waals surface area contributed by atoms with Crippen LogP contribution in [0.4, 0.5) is 4.79 Å². The first kappa shape index (κ1) is 30.6. The summed E-state index contributed by atoms with van der Waals surface area (Å²) in [6.45, 7) is 7.89. The highest BCUT2D eigenvalue weighted by Crippen LogP contribution is 2.31. The van der Waals surface area contributed by atoms with E-state index in [9.17, 15) is 14.7 Å². The van der Waals surface area contributed by atoms with E-state index in [1.54, 1.807) is 20.8 Å². The van der Waals surface area contributed by atoms with Gasteiger partial charge >= 0.3 is 6.09 Å². The topological polar surface area (TPSA) is 132 Å². The maximum Gasteiger partial charge on any atom is 0.407 e. The average molecular weight is 542 g/mol. The van der Waals surface area contributed by atoms with Gasteiger partial charge in [-0.25, -0.2) is 4.79 Å². The Balaban J connectivity index is 1.77. The lowest BCUT2D eigenvalue weighted by Gasteiger charge is -2.32. The molecular formula is C30H43N3O6. The SMILES string of the molecule is CC(C)(C)OC(=O)N[C@@H](Cc1ccccc1)[C@@H](O)C[C@@H](C(N)=O)C(OCCC1CNCCO1)c1ccccc1. The van der Waals surface area contributed by atoms with Crippen molar-refractivity contribution in [2.75, 3.05) is 26.3 Å². The fourth-order valence-electron chi connectivity index (χ4n) is 4.64. The minimum Gasteiger partial charge on any atom is -0.444 e. The van der Waals surface area contributed by atoms with Gasteiger partial charge in [-0.05, 0) is 51.2 Å². The van der Waals surface area contributed by atoms with Crippen molar-refractivity contribution < 1.29 is 28.9 Å². The number of morpholine rings is 1. The Morgan fingerprint density at radius 2 is 1.79 bits per heavy atom. The van der Waals surface area contributed by atoms with Crippen LogP contribution < -0.4 is 16.4 Å². The lowest BCUT2D eigenvalue weighted by Crippen LogP contribution is -2.48. The average Bonchev–Trinajstić information content (AvgIpc) is 2.90. The van der Waals surface area contributed by atoms with Crippen molar-refractivity contribution in [2.24, 2.45) is 11.7 Å². The summed E-state index contributed by atoms with van der Waals surface area (Å²) in [7, 11) is 0. The zero-order valence-electron chi connectivity index (χ0n) is 23.2. The number of hydrogen-bond acceptors (Lipinski definition) is 7. The van der Waals surface area contributed by atoms with Crippen LogP contribution in [-0.2, 0) is 25.4 Å². The Hall–Kier alpha value is -2.98. The second kappa shape index (κ2) is 15.0. The van der Waals surface area contributed by atoms with Crippen LogP contribution in [0.15, 0.2) is 60.7 Å². The van der Waals surface area contributed by atoms with Crippen molar-refractivity contribution in [1.29, 1.82) is 0 Å². The van der Waals surface area contributed by atoms with Gasteiger partial charge in [-0.3, -0.25) is 4.79 Å². The standard InChI is InChI=1S/C30H43N3O6/c1-30(2,3)39-29(36)33-25(18-21-10-6-4-7-11-21)26(34)19-24(28(31)35)27(22-12-8-5-9-13-22)38-16-14-23-20-32-15-17-37-23/h4-13,23-27,32,34H,14-20H2,1-3H3,(H2,31,35)(H,33,36)/t23?,24-,25+,26+,27?/m1/s1. The molecule has 1 aliphatic rings. The molecule has 2 aromatic carbocycles. The maximum absolute atomic E-state index is 12.8. The zero-order valence-corrected chi connectivity index (χ0v) is 23.2. The van der Waals surface area contributed by atoms with Crippen LogP contribution in [0.1, 0.15) is 50.8 Å². The quantitative estimate of drug-likeness (QED) is 0.306. The molecule has 0 bridgehead atoms. The second-order valence-electron chi connectivity index (χ2n) is 10.9. The predicted octanol–water partition coefficient (Wildman–Crippen LogP) is 3.11. The molecule has 0 spiro atoms. The molecule has 1 heterocycles. The number of carbonyl (C=O) groups excluding carboxylic acids is 2. The van der Waals surface area contributed by atoms with E-state index in [1.165, 1.54) is 0 Å². The van der Waals surface area contributed by atoms with E-state index in [0.29, 0.717) is 26.1 Å². The number of aliphatic hydroxyl groups is 1. The molecule has 39 heavy (non-hydrogen) atoms. The van der Waals surface area contributed by atoms with E-state index in [-0.39, 0.29) is 12.5 Å². The Morgan fingerprint density at radius 1 is 1.13 bits per heavy atom. The molecule has 0 aliphatic carbocycles. The summed E-state index contributed by atoms with van der Waals surface area (Å²) in [6, 6.07) is 18.2. The van der Waals surface area contributed by atoms with Crippen molar-refractivity contribution in [3.05, 3.63) is 71.8 Å². The van der Waals surface area contributed by atoms with Gasteiger partial charge in [0.15, 0.2) is 0 Å². The first-order chi connectivity index (χ1) is 18.6. The minimum atomic E-state index is -1.10. The summed E-state index contributed by atoms with van der Waals surface area (Å²) < 4.78 is 17.5. The fraction of sp³-hybridized carbons (Fsp3) is 0.533. The van der Waals surface area contributed by atoms with E-state index < -0.39 is 41.8 Å². The van der Waals surface area contributed by atoms with Gasteiger partial charge in [0.05, 0.1) is 36.9 Å². The van der Waals surface area contributed by atoms with E-state index >= 15 is 0 Å². The molecule has 2 unspecified atom stereocenters. The zero-order chi connectivity index (χ0) is 28.3. The van der Waals surface area contributed by atoms with E-state index in [2.05, 4.69) is 10.6 Å². The third-order valence-electron chi connectivity index (χ3n) is 6.56. The summed E-state index contributed by atoms with van der Waals surface area (Å²) in [6.07, 6.45) is -1.40. The number of aliphatic hydroxyl groups excluding tert-OH is 1. The number of nitrogens with two attached hydrogens (primary N) is 1. The number of carbonyl (C=O) groups is 2. The van der Waals surface area contributed by atoms with Crippen molar-refractivity contribution in [3.63, 3.8) is 0 Å². The number of rotatable bonds is 13. The molecule has 1 aliphatic heterocycles. The van der Waals surface area contributed by atoms with Crippen LogP contribution in [-0.4, -0.2) is 67.3 Å². The monoisotopic (exact) mass is 541 g/mol. The highest BCUT2D eigenvalue weighted by atomic mass is 16.6. The van der Waals surface area contributed by atoms with E-state index in [0.717, 1.165) is 24.2 Å². The predicted molar refractivity (Wildman–Crippen MR) is 149 cm³/mol. The summed E-state index contributed by atoms with van der Waals surface area (Å²) in [5, 5.41) is 17.5. The van der Waals surface area contributed by atoms with Gasteiger partial charge in [-0.1, -0.05) is 60.7 Å². The van der Waals surface area contributed by atoms with Crippen LogP contribution in [0.25, 0.3) is 0 Å². The number of amides is 2. The van der Waals surface area contributed by atoms with Crippen LogP contribution in [0.3, 0.4) is 0 Å². The Labute approximate surface area is 231 Å². The highest BCUT2D eigenvalue weighted by molar-refractivity contribution is 5.77. The molecule has 0 saturated carbocycles. The van der Waals surface area contributed by atoms with Gasteiger partial charge in [0.25, 0.3) is 0 Å². The maximum atomic E-state index is 12.8. The molecular weight excluding hydrogens is 498 g/mol. The van der Waals surface area contributed by atoms with Crippen LogP contribution in [0, 0.1) is 5.92 Å². The molecule has 5 atom stereocenters. The summed E-state index contributed by atoms with van der Waals surface area (Å²) in [5.74, 6) is -1.43. The number of alkyl carbamates (subject to hydrolysis) is 1. The second-order valence-corrected chi connectivity index (χ2v) is 10.9. The van der Waals surface area contributed by atoms with Crippen LogP contribution >= 0.6 is 0 Å². The van der Waals surface area contributed by atoms with Gasteiger partial charge in [-0.2, -0.15) is 0 Å². The van der Waals surface area contributed by atoms with Crippen LogP contribution in [0.2, 0.25) is 0 Å². The minimum absolute atomic E-state index is 0.0102. The highest BCUT2D eigenvalue weighted by Gasteiger charge is 2.35. The van der Waals surface area contributed by atoms with Crippen molar-refractivity contribution >= 4 is 12.0 Å². The first-order valence-electron chi connectivity index (χ1n) is 13.6. The lowest BCUT2D eigenvalue weighted by molar-refractivity contribution is -0.130. The molecule has 1 fully saturated rings. The summed E-state index contributed by atoms with van der Waals surface area (Å²) in [5.41, 5.74) is 6.91. The van der Waals surface area contributed by atoms with Crippen LogP contribution in [0.5, 0.6) is 0 Å². The summed E-state index contributed by atoms with van der Waals surface area (Å²) >= 11 is 0. The van der Waals surface area contributed by atoms with Gasteiger partial charge in [0.2, 0.25) is 5.91 Å². The third-order valence-corrected chi connectivity index (χ3v) is 6.56. The molecule has 0 radical (unpaired) electrons. The first-order valence-corrected chi connectivity index (χ1v) is 13.6. The molecule has 3 rings (SSSR count).